The number of hydrogen-bond acceptors (Lipinski definition) is 9. The van der Waals surface area contributed by atoms with E-state index in [1.54, 1.807) is 17.6 Å². The van der Waals surface area contributed by atoms with Gasteiger partial charge in [0.25, 0.3) is 0 Å². The molecule has 0 spiro atoms. The third-order valence-electron chi connectivity index (χ3n) is 6.66. The highest BCUT2D eigenvalue weighted by atomic mass is 32.2. The molecular formula is C26H30N4O8S3. The third-order valence-corrected chi connectivity index (χ3v) is 10.5. The van der Waals surface area contributed by atoms with Crippen molar-refractivity contribution in [1.82, 2.24) is 19.9 Å². The molecule has 0 radical (unpaired) electrons. The van der Waals surface area contributed by atoms with E-state index in [1.165, 1.54) is 18.1 Å². The lowest BCUT2D eigenvalue weighted by atomic mass is 9.96. The predicted molar refractivity (Wildman–Crippen MR) is 154 cm³/mol. The van der Waals surface area contributed by atoms with Gasteiger partial charge in [-0.2, -0.15) is 0 Å². The summed E-state index contributed by atoms with van der Waals surface area (Å²) in [7, 11) is -2.63. The molecule has 0 saturated carbocycles. The van der Waals surface area contributed by atoms with Crippen LogP contribution in [0.4, 0.5) is 0 Å². The van der Waals surface area contributed by atoms with Gasteiger partial charge >= 0.3 is 11.9 Å². The Balaban J connectivity index is 1.54. The molecule has 3 heterocycles. The maximum absolute atomic E-state index is 13.7. The van der Waals surface area contributed by atoms with Gasteiger partial charge in [-0.25, -0.2) is 17.9 Å². The van der Waals surface area contributed by atoms with Crippen molar-refractivity contribution in [2.45, 2.75) is 41.6 Å². The zero-order valence-corrected chi connectivity index (χ0v) is 24.5. The van der Waals surface area contributed by atoms with Crippen molar-refractivity contribution in [2.75, 3.05) is 25.2 Å². The molecule has 41 heavy (non-hydrogen) atoms. The number of ether oxygens (including phenoxy) is 1. The number of aromatic nitrogens is 1. The maximum Gasteiger partial charge on any atom is 0.328 e. The minimum absolute atomic E-state index is 0.0350. The molecule has 1 aliphatic heterocycles. The Morgan fingerprint density at radius 1 is 1.20 bits per heavy atom. The lowest BCUT2D eigenvalue weighted by molar-refractivity contribution is -0.147. The number of aromatic amines is 1. The lowest BCUT2D eigenvalue weighted by Gasteiger charge is -2.39. The van der Waals surface area contributed by atoms with Crippen LogP contribution < -0.4 is 10.0 Å². The molecular weight excluding hydrogens is 593 g/mol. The number of para-hydroxylation sites is 1. The summed E-state index contributed by atoms with van der Waals surface area (Å²) in [6, 6.07) is 7.76. The number of nitrogens with one attached hydrogen (secondary N) is 3. The number of rotatable bonds is 12. The summed E-state index contributed by atoms with van der Waals surface area (Å²) in [5.41, 5.74) is 1.64. The first kappa shape index (κ1) is 30.6. The number of piperidine rings is 1. The monoisotopic (exact) mass is 622 g/mol. The molecule has 0 unspecified atom stereocenters. The van der Waals surface area contributed by atoms with Crippen LogP contribution in [0.3, 0.4) is 0 Å². The lowest BCUT2D eigenvalue weighted by Crippen LogP contribution is -2.59. The van der Waals surface area contributed by atoms with Crippen molar-refractivity contribution in [2.24, 2.45) is 0 Å². The third kappa shape index (κ3) is 7.67. The quantitative estimate of drug-likeness (QED) is 0.219. The number of benzene rings is 1. The number of carbonyl (C=O) groups is 4. The molecule has 12 nitrogen and oxygen atoms in total. The topological polar surface area (TPSA) is 175 Å². The van der Waals surface area contributed by atoms with Crippen LogP contribution in [-0.4, -0.2) is 90.4 Å². The van der Waals surface area contributed by atoms with Gasteiger partial charge in [0.1, 0.15) is 16.3 Å². The summed E-state index contributed by atoms with van der Waals surface area (Å²) in [4.78, 5) is 54.8. The SMILES string of the molecule is COC(=O)[C@@H](Cc1c[nH]c2ccccc12)NC(=O)[C@@H]1C[C@@H](NS(=O)(=O)c2cccs2)CCN1C(=O)CSCC(=O)O. The second kappa shape index (κ2) is 13.5. The number of amides is 2. The minimum atomic E-state index is -3.84. The number of hydrogen-bond donors (Lipinski definition) is 4. The standard InChI is InChI=1S/C26H30N4O8S3/c1-38-26(35)20(11-16-13-27-19-6-3-2-5-18(16)19)28-25(34)21-12-17(29-41(36,37)24-7-4-10-40-24)8-9-30(21)22(31)14-39-15-23(32)33/h2-7,10,13,17,20-21,27,29H,8-9,11-12,14-15H2,1H3,(H,28,34)(H,32,33)/t17-,20+,21-/m0/s1. The molecule has 15 heteroatoms. The largest absolute Gasteiger partial charge is 0.481 e. The van der Waals surface area contributed by atoms with Crippen LogP contribution in [0, 0.1) is 0 Å². The number of carboxylic acids is 1. The van der Waals surface area contributed by atoms with Gasteiger partial charge in [0.05, 0.1) is 18.6 Å². The number of fused-ring (bicyclic) bond motifs is 1. The van der Waals surface area contributed by atoms with Gasteiger partial charge in [0.2, 0.25) is 21.8 Å². The highest BCUT2D eigenvalue weighted by Gasteiger charge is 2.39. The molecule has 2 amide bonds. The van der Waals surface area contributed by atoms with Gasteiger partial charge in [0, 0.05) is 36.1 Å². The fourth-order valence-corrected chi connectivity index (χ4v) is 7.66. The van der Waals surface area contributed by atoms with E-state index in [4.69, 9.17) is 9.84 Å². The number of carboxylic acid groups (broad SMARTS) is 1. The molecule has 0 bridgehead atoms. The number of methoxy groups -OCH3 is 1. The number of thiophene rings is 1. The number of thioether (sulfide) groups is 1. The minimum Gasteiger partial charge on any atom is -0.481 e. The Kier molecular flexibility index (Phi) is 10.1. The van der Waals surface area contributed by atoms with Crippen LogP contribution in [0.1, 0.15) is 18.4 Å². The fourth-order valence-electron chi connectivity index (χ4n) is 4.75. The molecule has 1 aromatic carbocycles. The Labute approximate surface area is 244 Å². The zero-order chi connectivity index (χ0) is 29.6. The van der Waals surface area contributed by atoms with Crippen molar-refractivity contribution in [3.63, 3.8) is 0 Å². The molecule has 4 N–H and O–H groups in total. The van der Waals surface area contributed by atoms with E-state index < -0.39 is 51.9 Å². The number of carbonyl (C=O) groups excluding carboxylic acids is 3. The first-order chi connectivity index (χ1) is 19.6. The van der Waals surface area contributed by atoms with E-state index >= 15 is 0 Å². The van der Waals surface area contributed by atoms with E-state index in [9.17, 15) is 27.6 Å². The maximum atomic E-state index is 13.7. The molecule has 4 rings (SSSR count). The van der Waals surface area contributed by atoms with Crippen molar-refractivity contribution < 1.29 is 37.4 Å². The Bertz CT molecular complexity index is 1510. The molecule has 3 aromatic rings. The number of aliphatic carboxylic acids is 1. The van der Waals surface area contributed by atoms with Crippen LogP contribution in [0.15, 0.2) is 52.2 Å². The van der Waals surface area contributed by atoms with Gasteiger partial charge in [-0.3, -0.25) is 14.4 Å². The van der Waals surface area contributed by atoms with Gasteiger partial charge < -0.3 is 25.0 Å². The van der Waals surface area contributed by atoms with E-state index in [1.807, 2.05) is 24.3 Å². The van der Waals surface area contributed by atoms with Crippen molar-refractivity contribution in [3.8, 4) is 0 Å². The van der Waals surface area contributed by atoms with E-state index in [0.717, 1.165) is 39.6 Å². The molecule has 2 aromatic heterocycles. The van der Waals surface area contributed by atoms with E-state index in [0.29, 0.717) is 0 Å². The summed E-state index contributed by atoms with van der Waals surface area (Å²) < 4.78 is 33.4. The van der Waals surface area contributed by atoms with Crippen LogP contribution in [0.5, 0.6) is 0 Å². The molecule has 3 atom stereocenters. The van der Waals surface area contributed by atoms with Gasteiger partial charge in [0.15, 0.2) is 0 Å². The fraction of sp³-hybridized carbons (Fsp3) is 0.385. The average molecular weight is 623 g/mol. The second-order valence-electron chi connectivity index (χ2n) is 9.41. The Morgan fingerprint density at radius 3 is 2.68 bits per heavy atom. The predicted octanol–water partition coefficient (Wildman–Crippen LogP) is 1.59. The molecule has 220 valence electrons. The number of likely N-dealkylation sites (tertiary alicyclic amines) is 1. The first-order valence-corrected chi connectivity index (χ1v) is 16.2. The number of H-pyrrole nitrogens is 1. The summed E-state index contributed by atoms with van der Waals surface area (Å²) in [6.07, 6.45) is 2.08. The summed E-state index contributed by atoms with van der Waals surface area (Å²) >= 11 is 1.96. The molecule has 1 fully saturated rings. The summed E-state index contributed by atoms with van der Waals surface area (Å²) in [6.45, 7) is 0.0630. The first-order valence-electron chi connectivity index (χ1n) is 12.7. The number of sulfonamides is 1. The van der Waals surface area contributed by atoms with Crippen LogP contribution in [0.2, 0.25) is 0 Å². The highest BCUT2D eigenvalue weighted by molar-refractivity contribution is 8.00. The summed E-state index contributed by atoms with van der Waals surface area (Å²) in [5, 5.41) is 14.2. The van der Waals surface area contributed by atoms with Crippen molar-refractivity contribution >= 4 is 67.8 Å². The Morgan fingerprint density at radius 2 is 1.98 bits per heavy atom. The molecule has 0 aliphatic carbocycles. The van der Waals surface area contributed by atoms with Gasteiger partial charge in [-0.15, -0.1) is 23.1 Å². The van der Waals surface area contributed by atoms with Crippen molar-refractivity contribution in [3.05, 3.63) is 53.5 Å². The van der Waals surface area contributed by atoms with Crippen LogP contribution in [0.25, 0.3) is 10.9 Å². The summed E-state index contributed by atoms with van der Waals surface area (Å²) in [5.74, 6) is -3.30. The zero-order valence-electron chi connectivity index (χ0n) is 22.1. The van der Waals surface area contributed by atoms with Gasteiger partial charge in [-0.1, -0.05) is 24.3 Å². The number of nitrogens with zero attached hydrogens (tertiary/aromatic N) is 1. The van der Waals surface area contributed by atoms with E-state index in [2.05, 4.69) is 15.0 Å². The van der Waals surface area contributed by atoms with Crippen molar-refractivity contribution in [1.29, 1.82) is 0 Å². The number of esters is 1. The molecule has 1 saturated heterocycles. The van der Waals surface area contributed by atoms with E-state index in [-0.39, 0.29) is 41.5 Å². The van der Waals surface area contributed by atoms with Crippen LogP contribution in [-0.2, 0) is 40.4 Å². The normalized spacial score (nSPS) is 18.1. The van der Waals surface area contributed by atoms with Gasteiger partial charge in [-0.05, 0) is 35.9 Å². The molecule has 1 aliphatic rings. The Hall–Kier alpha value is -3.40. The second-order valence-corrected chi connectivity index (χ2v) is 13.3. The van der Waals surface area contributed by atoms with Crippen LogP contribution >= 0.6 is 23.1 Å². The highest BCUT2D eigenvalue weighted by Crippen LogP contribution is 2.24. The smallest absolute Gasteiger partial charge is 0.328 e. The average Bonchev–Trinajstić information content (AvgIpc) is 3.63.